The lowest BCUT2D eigenvalue weighted by Gasteiger charge is -2.18. The highest BCUT2D eigenvalue weighted by Crippen LogP contribution is 2.17. The molecule has 6 heteroatoms. The average molecular weight is 1140 g/mol. The zero-order chi connectivity index (χ0) is 59.2. The second-order valence-corrected chi connectivity index (χ2v) is 22.3. The SMILES string of the molecule is CC/C=C\C/C=C\C/C=C\C/C=C\C/C=C\C/C=C\CCC(=O)OC(COC(=O)CCCCCCCCCCCCC/C=C\C/C=C\C/C=C\C/C=C\C/C=C\CC)COC(=O)CCCCCCCCCCCCCCCCCCCC. The Bertz CT molecular complexity index is 1730. The summed E-state index contributed by atoms with van der Waals surface area (Å²) in [6.07, 6.45) is 97.6. The van der Waals surface area contributed by atoms with Crippen LogP contribution in [0.3, 0.4) is 0 Å². The number of unbranched alkanes of at least 4 members (excludes halogenated alkanes) is 28. The first-order valence-electron chi connectivity index (χ1n) is 34.2. The molecular formula is C76H126O6. The second kappa shape index (κ2) is 69.0. The van der Waals surface area contributed by atoms with E-state index in [1.807, 2.05) is 6.08 Å². The second-order valence-electron chi connectivity index (χ2n) is 22.3. The minimum absolute atomic E-state index is 0.109. The summed E-state index contributed by atoms with van der Waals surface area (Å²) >= 11 is 0. The minimum atomic E-state index is -0.824. The van der Waals surface area contributed by atoms with Gasteiger partial charge in [-0.05, 0) is 103 Å². The molecule has 1 atom stereocenters. The zero-order valence-corrected chi connectivity index (χ0v) is 53.5. The molecule has 0 heterocycles. The number of hydrogen-bond donors (Lipinski definition) is 0. The summed E-state index contributed by atoms with van der Waals surface area (Å²) in [5.74, 6) is -0.988. The van der Waals surface area contributed by atoms with E-state index >= 15 is 0 Å². The molecule has 0 aliphatic rings. The Morgan fingerprint density at radius 3 is 0.793 bits per heavy atom. The average Bonchev–Trinajstić information content (AvgIpc) is 3.47. The molecule has 0 aromatic rings. The lowest BCUT2D eigenvalue weighted by molar-refractivity contribution is -0.166. The van der Waals surface area contributed by atoms with Crippen molar-refractivity contribution in [3.8, 4) is 0 Å². The quantitative estimate of drug-likeness (QED) is 0.0261. The molecule has 0 N–H and O–H groups in total. The van der Waals surface area contributed by atoms with Crippen LogP contribution >= 0.6 is 0 Å². The van der Waals surface area contributed by atoms with Gasteiger partial charge < -0.3 is 14.2 Å². The van der Waals surface area contributed by atoms with Gasteiger partial charge in [0, 0.05) is 19.3 Å². The number of esters is 3. The molecule has 6 nitrogen and oxygen atoms in total. The fraction of sp³-hybridized carbons (Fsp3) is 0.671. The van der Waals surface area contributed by atoms with Crippen LogP contribution in [-0.2, 0) is 28.6 Å². The predicted molar refractivity (Wildman–Crippen MR) is 357 cm³/mol. The third kappa shape index (κ3) is 66.4. The van der Waals surface area contributed by atoms with Gasteiger partial charge >= 0.3 is 17.9 Å². The van der Waals surface area contributed by atoms with Crippen LogP contribution in [0.2, 0.25) is 0 Å². The number of carbonyl (C=O) groups is 3. The first kappa shape index (κ1) is 77.5. The number of ether oxygens (including phenoxy) is 3. The molecule has 0 spiro atoms. The summed E-state index contributed by atoms with van der Waals surface area (Å²) in [6, 6.07) is 0. The molecule has 0 aromatic heterocycles. The van der Waals surface area contributed by atoms with E-state index in [1.54, 1.807) is 0 Å². The summed E-state index contributed by atoms with van der Waals surface area (Å²) in [4.78, 5) is 38.4. The fourth-order valence-corrected chi connectivity index (χ4v) is 9.38. The van der Waals surface area contributed by atoms with Gasteiger partial charge in [-0.25, -0.2) is 0 Å². The van der Waals surface area contributed by atoms with Crippen molar-refractivity contribution in [2.75, 3.05) is 13.2 Å². The zero-order valence-electron chi connectivity index (χ0n) is 53.5. The number of hydrogen-bond acceptors (Lipinski definition) is 6. The van der Waals surface area contributed by atoms with E-state index in [9.17, 15) is 14.4 Å². The predicted octanol–water partition coefficient (Wildman–Crippen LogP) is 23.7. The molecule has 0 radical (unpaired) electrons. The topological polar surface area (TPSA) is 78.9 Å². The van der Waals surface area contributed by atoms with Gasteiger partial charge in [0.25, 0.3) is 0 Å². The molecule has 0 saturated carbocycles. The Kier molecular flexibility index (Phi) is 65.3. The Balaban J connectivity index is 4.43. The van der Waals surface area contributed by atoms with Gasteiger partial charge in [0.05, 0.1) is 0 Å². The highest BCUT2D eigenvalue weighted by Gasteiger charge is 2.19. The molecule has 0 aliphatic carbocycles. The van der Waals surface area contributed by atoms with E-state index in [2.05, 4.69) is 148 Å². The molecular weight excluding hydrogens is 1010 g/mol. The maximum atomic E-state index is 12.9. The van der Waals surface area contributed by atoms with Gasteiger partial charge in [-0.1, -0.05) is 321 Å². The summed E-state index contributed by atoms with van der Waals surface area (Å²) in [6.45, 7) is 6.38. The maximum Gasteiger partial charge on any atom is 0.306 e. The van der Waals surface area contributed by atoms with Crippen LogP contribution in [0, 0.1) is 0 Å². The van der Waals surface area contributed by atoms with Crippen LogP contribution in [0.25, 0.3) is 0 Å². The van der Waals surface area contributed by atoms with Crippen LogP contribution < -0.4 is 0 Å². The molecule has 0 bridgehead atoms. The number of allylic oxidation sites excluding steroid dienone is 22. The molecule has 466 valence electrons. The van der Waals surface area contributed by atoms with Gasteiger partial charge in [-0.2, -0.15) is 0 Å². The lowest BCUT2D eigenvalue weighted by Crippen LogP contribution is -2.30. The molecule has 0 amide bonds. The van der Waals surface area contributed by atoms with Crippen LogP contribution in [-0.4, -0.2) is 37.2 Å². The summed E-state index contributed by atoms with van der Waals surface area (Å²) in [5, 5.41) is 0. The maximum absolute atomic E-state index is 12.9. The van der Waals surface area contributed by atoms with E-state index in [-0.39, 0.29) is 31.6 Å². The van der Waals surface area contributed by atoms with E-state index in [4.69, 9.17) is 14.2 Å². The van der Waals surface area contributed by atoms with Crippen molar-refractivity contribution in [2.45, 2.75) is 316 Å². The Hall–Kier alpha value is -4.45. The highest BCUT2D eigenvalue weighted by atomic mass is 16.6. The van der Waals surface area contributed by atoms with Gasteiger partial charge in [-0.3, -0.25) is 14.4 Å². The van der Waals surface area contributed by atoms with Gasteiger partial charge in [0.15, 0.2) is 6.10 Å². The summed E-state index contributed by atoms with van der Waals surface area (Å²) < 4.78 is 16.9. The van der Waals surface area contributed by atoms with Gasteiger partial charge in [0.1, 0.15) is 13.2 Å². The van der Waals surface area contributed by atoms with E-state index in [0.29, 0.717) is 19.3 Å². The largest absolute Gasteiger partial charge is 0.462 e. The number of rotatable bonds is 61. The first-order valence-corrected chi connectivity index (χ1v) is 34.2. The third-order valence-electron chi connectivity index (χ3n) is 14.4. The number of carbonyl (C=O) groups excluding carboxylic acids is 3. The molecule has 0 rings (SSSR count). The lowest BCUT2D eigenvalue weighted by atomic mass is 10.0. The van der Waals surface area contributed by atoms with Crippen molar-refractivity contribution in [3.63, 3.8) is 0 Å². The first-order chi connectivity index (χ1) is 40.5. The van der Waals surface area contributed by atoms with Crippen molar-refractivity contribution in [1.29, 1.82) is 0 Å². The molecule has 1 unspecified atom stereocenters. The summed E-state index contributed by atoms with van der Waals surface area (Å²) in [7, 11) is 0. The molecule has 0 saturated heterocycles. The molecule has 0 aliphatic heterocycles. The monoisotopic (exact) mass is 1130 g/mol. The van der Waals surface area contributed by atoms with Gasteiger partial charge in [0.2, 0.25) is 0 Å². The standard InChI is InChI=1S/C76H126O6/c1-4-7-10-13-16-19-22-25-28-31-34-35-36-37-38-39-40-41-43-45-48-51-54-57-60-63-66-69-75(78)81-72-73(71-80-74(77)68-65-62-59-56-53-50-47-44-33-30-27-24-21-18-15-12-9-6-3)82-76(79)70-67-64-61-58-55-52-49-46-42-32-29-26-23-20-17-14-11-8-5-2/h7-8,10-11,16-17,19-20,25-26,28-29,34-35,37-38,42,46,52,55,61,64,73H,4-6,9,12-15,18,21-24,27,30-33,36,39-41,43-45,47-51,53-54,56-60,62-63,65-72H2,1-3H3/b10-7-,11-8-,19-16-,20-17-,28-25-,29-26-,35-34-,38-37-,46-42-,55-52-,64-61-. The van der Waals surface area contributed by atoms with Gasteiger partial charge in [-0.15, -0.1) is 0 Å². The smallest absolute Gasteiger partial charge is 0.306 e. The van der Waals surface area contributed by atoms with E-state index in [0.717, 1.165) is 109 Å². The highest BCUT2D eigenvalue weighted by molar-refractivity contribution is 5.71. The Labute approximate surface area is 506 Å². The fourth-order valence-electron chi connectivity index (χ4n) is 9.38. The molecule has 0 fully saturated rings. The Morgan fingerprint density at radius 1 is 0.256 bits per heavy atom. The van der Waals surface area contributed by atoms with Crippen LogP contribution in [0.4, 0.5) is 0 Å². The normalized spacial score (nSPS) is 13.0. The third-order valence-corrected chi connectivity index (χ3v) is 14.4. The van der Waals surface area contributed by atoms with Crippen LogP contribution in [0.15, 0.2) is 134 Å². The Morgan fingerprint density at radius 2 is 0.500 bits per heavy atom. The van der Waals surface area contributed by atoms with Crippen LogP contribution in [0.1, 0.15) is 310 Å². The van der Waals surface area contributed by atoms with Crippen molar-refractivity contribution in [2.24, 2.45) is 0 Å². The van der Waals surface area contributed by atoms with Crippen LogP contribution in [0.5, 0.6) is 0 Å². The summed E-state index contributed by atoms with van der Waals surface area (Å²) in [5.41, 5.74) is 0. The molecule has 82 heavy (non-hydrogen) atoms. The van der Waals surface area contributed by atoms with E-state index in [1.165, 1.54) is 154 Å². The van der Waals surface area contributed by atoms with E-state index < -0.39 is 12.1 Å². The minimum Gasteiger partial charge on any atom is -0.462 e. The van der Waals surface area contributed by atoms with Crippen molar-refractivity contribution >= 4 is 17.9 Å². The molecule has 0 aromatic carbocycles. The van der Waals surface area contributed by atoms with Crippen molar-refractivity contribution in [3.05, 3.63) is 134 Å². The van der Waals surface area contributed by atoms with Crippen molar-refractivity contribution in [1.82, 2.24) is 0 Å². The van der Waals surface area contributed by atoms with Crippen molar-refractivity contribution < 1.29 is 28.6 Å².